The zero-order valence-electron chi connectivity index (χ0n) is 16.2. The highest BCUT2D eigenvalue weighted by Gasteiger charge is 2.20. The van der Waals surface area contributed by atoms with Gasteiger partial charge in [0.25, 0.3) is 5.91 Å². The summed E-state index contributed by atoms with van der Waals surface area (Å²) >= 11 is 0. The summed E-state index contributed by atoms with van der Waals surface area (Å²) in [7, 11) is 5.57. The number of aromatic amines is 1. The van der Waals surface area contributed by atoms with Crippen LogP contribution >= 0.6 is 0 Å². The average molecular weight is 377 g/mol. The molecule has 0 spiro atoms. The van der Waals surface area contributed by atoms with Crippen molar-refractivity contribution in [2.24, 2.45) is 0 Å². The van der Waals surface area contributed by atoms with Crippen molar-refractivity contribution >= 4 is 27.8 Å². The zero-order valence-corrected chi connectivity index (χ0v) is 16.2. The Hall–Kier alpha value is -3.25. The van der Waals surface area contributed by atoms with Gasteiger partial charge in [-0.25, -0.2) is 0 Å². The van der Waals surface area contributed by atoms with Gasteiger partial charge in [-0.15, -0.1) is 0 Å². The normalized spacial score (nSPS) is 12.6. The van der Waals surface area contributed by atoms with Crippen LogP contribution in [0.15, 0.2) is 59.0 Å². The van der Waals surface area contributed by atoms with Crippen LogP contribution in [0.5, 0.6) is 5.75 Å². The van der Waals surface area contributed by atoms with Crippen molar-refractivity contribution in [2.45, 2.75) is 6.04 Å². The fraction of sp³-hybridized carbons (Fsp3) is 0.227. The Morgan fingerprint density at radius 1 is 1.14 bits per heavy atom. The van der Waals surface area contributed by atoms with E-state index in [1.165, 1.54) is 0 Å². The van der Waals surface area contributed by atoms with Crippen LogP contribution in [-0.2, 0) is 0 Å². The molecule has 1 amide bonds. The first-order valence-electron chi connectivity index (χ1n) is 9.15. The number of rotatable bonds is 6. The maximum absolute atomic E-state index is 12.7. The van der Waals surface area contributed by atoms with Gasteiger partial charge in [0.2, 0.25) is 0 Å². The molecule has 0 saturated carbocycles. The molecule has 28 heavy (non-hydrogen) atoms. The van der Waals surface area contributed by atoms with Crippen LogP contribution in [0, 0.1) is 0 Å². The largest absolute Gasteiger partial charge is 0.497 e. The molecule has 1 atom stereocenters. The fourth-order valence-corrected chi connectivity index (χ4v) is 3.34. The molecule has 0 unspecified atom stereocenters. The fourth-order valence-electron chi connectivity index (χ4n) is 3.34. The maximum Gasteiger partial charge on any atom is 0.267 e. The van der Waals surface area contributed by atoms with E-state index in [0.717, 1.165) is 33.4 Å². The van der Waals surface area contributed by atoms with Gasteiger partial charge in [0, 0.05) is 28.9 Å². The number of carbonyl (C=O) groups excluding carboxylic acids is 1. The van der Waals surface area contributed by atoms with Gasteiger partial charge >= 0.3 is 0 Å². The number of ether oxygens (including phenoxy) is 1. The Morgan fingerprint density at radius 3 is 2.71 bits per heavy atom. The van der Waals surface area contributed by atoms with Gasteiger partial charge in [-0.05, 0) is 44.4 Å². The summed E-state index contributed by atoms with van der Waals surface area (Å²) in [6.45, 7) is 0.435. The Bertz CT molecular complexity index is 1090. The summed E-state index contributed by atoms with van der Waals surface area (Å²) in [6, 6.07) is 17.4. The summed E-state index contributed by atoms with van der Waals surface area (Å²) in [4.78, 5) is 17.9. The second-order valence-electron chi connectivity index (χ2n) is 7.01. The number of benzene rings is 2. The minimum atomic E-state index is -0.155. The van der Waals surface area contributed by atoms with Crippen LogP contribution < -0.4 is 10.1 Å². The second-order valence-corrected chi connectivity index (χ2v) is 7.01. The number of nitrogens with one attached hydrogen (secondary N) is 2. The van der Waals surface area contributed by atoms with Gasteiger partial charge in [-0.1, -0.05) is 18.2 Å². The maximum atomic E-state index is 12.7. The van der Waals surface area contributed by atoms with Crippen LogP contribution in [0.3, 0.4) is 0 Å². The molecule has 0 aliphatic heterocycles. The summed E-state index contributed by atoms with van der Waals surface area (Å²) in [6.07, 6.45) is 0. The third kappa shape index (κ3) is 3.46. The first kappa shape index (κ1) is 18.1. The van der Waals surface area contributed by atoms with E-state index in [1.807, 2.05) is 73.6 Å². The van der Waals surface area contributed by atoms with E-state index in [9.17, 15) is 4.79 Å². The topological polar surface area (TPSA) is 70.5 Å². The first-order chi connectivity index (χ1) is 13.5. The van der Waals surface area contributed by atoms with Crippen molar-refractivity contribution < 1.29 is 13.9 Å². The summed E-state index contributed by atoms with van der Waals surface area (Å²) < 4.78 is 11.2. The highest BCUT2D eigenvalue weighted by Crippen LogP contribution is 2.26. The van der Waals surface area contributed by atoms with Crippen molar-refractivity contribution in [1.82, 2.24) is 15.2 Å². The number of aromatic nitrogens is 1. The lowest BCUT2D eigenvalue weighted by Crippen LogP contribution is -2.34. The molecule has 0 bridgehead atoms. The number of H-pyrrole nitrogens is 1. The number of fused-ring (bicyclic) bond motifs is 2. The molecule has 2 aromatic carbocycles. The number of hydrogen-bond acceptors (Lipinski definition) is 4. The molecule has 2 N–H and O–H groups in total. The second kappa shape index (κ2) is 7.40. The van der Waals surface area contributed by atoms with E-state index in [0.29, 0.717) is 12.2 Å². The van der Waals surface area contributed by atoms with Crippen LogP contribution in [-0.4, -0.2) is 43.5 Å². The standard InChI is InChI=1S/C22H23N3O3/c1-25(2)19(21-11-15-6-4-5-7-20(15)28-21)13-23-22(26)18-10-14-8-9-16(27-3)12-17(14)24-18/h4-12,19,24H,13H2,1-3H3,(H,23,26)/t19-/m1/s1. The van der Waals surface area contributed by atoms with Crippen molar-refractivity contribution in [3.05, 3.63) is 66.1 Å². The molecule has 0 fully saturated rings. The van der Waals surface area contributed by atoms with Gasteiger partial charge in [-0.3, -0.25) is 9.69 Å². The smallest absolute Gasteiger partial charge is 0.267 e. The summed E-state index contributed by atoms with van der Waals surface area (Å²) in [5, 5.41) is 5.03. The van der Waals surface area contributed by atoms with E-state index in [-0.39, 0.29) is 11.9 Å². The number of furan rings is 1. The number of methoxy groups -OCH3 is 1. The third-order valence-electron chi connectivity index (χ3n) is 4.93. The summed E-state index contributed by atoms with van der Waals surface area (Å²) in [5.74, 6) is 1.42. The number of likely N-dealkylation sites (N-methyl/N-ethyl adjacent to an activating group) is 1. The van der Waals surface area contributed by atoms with Crippen LogP contribution in [0.4, 0.5) is 0 Å². The minimum absolute atomic E-state index is 0.0687. The molecule has 6 heteroatoms. The zero-order chi connectivity index (χ0) is 19.7. The predicted octanol–water partition coefficient (Wildman–Crippen LogP) is 3.96. The predicted molar refractivity (Wildman–Crippen MR) is 110 cm³/mol. The molecule has 4 rings (SSSR count). The van der Waals surface area contributed by atoms with Gasteiger partial charge in [0.15, 0.2) is 0 Å². The van der Waals surface area contributed by atoms with Crippen LogP contribution in [0.2, 0.25) is 0 Å². The van der Waals surface area contributed by atoms with Gasteiger partial charge in [-0.2, -0.15) is 0 Å². The Kier molecular flexibility index (Phi) is 4.79. The minimum Gasteiger partial charge on any atom is -0.497 e. The van der Waals surface area contributed by atoms with Crippen molar-refractivity contribution in [1.29, 1.82) is 0 Å². The Balaban J connectivity index is 1.51. The molecule has 2 aromatic heterocycles. The van der Waals surface area contributed by atoms with E-state index in [1.54, 1.807) is 7.11 Å². The average Bonchev–Trinajstić information content (AvgIpc) is 3.30. The van der Waals surface area contributed by atoms with Crippen molar-refractivity contribution in [3.8, 4) is 5.75 Å². The molecule has 0 radical (unpaired) electrons. The molecular formula is C22H23N3O3. The lowest BCUT2D eigenvalue weighted by molar-refractivity contribution is 0.0935. The van der Waals surface area contributed by atoms with E-state index in [4.69, 9.17) is 9.15 Å². The molecule has 144 valence electrons. The number of carbonyl (C=O) groups is 1. The first-order valence-corrected chi connectivity index (χ1v) is 9.15. The van der Waals surface area contributed by atoms with E-state index < -0.39 is 0 Å². The summed E-state index contributed by atoms with van der Waals surface area (Å²) in [5.41, 5.74) is 2.23. The molecule has 6 nitrogen and oxygen atoms in total. The molecule has 4 aromatic rings. The third-order valence-corrected chi connectivity index (χ3v) is 4.93. The highest BCUT2D eigenvalue weighted by atomic mass is 16.5. The number of nitrogens with zero attached hydrogens (tertiary/aromatic N) is 1. The molecule has 0 aliphatic carbocycles. The monoisotopic (exact) mass is 377 g/mol. The molecule has 2 heterocycles. The van der Waals surface area contributed by atoms with Gasteiger partial charge in [0.05, 0.1) is 13.2 Å². The Labute approximate surface area is 163 Å². The molecular weight excluding hydrogens is 354 g/mol. The molecule has 0 aliphatic rings. The lowest BCUT2D eigenvalue weighted by atomic mass is 10.1. The lowest BCUT2D eigenvalue weighted by Gasteiger charge is -2.22. The quantitative estimate of drug-likeness (QED) is 0.534. The van der Waals surface area contributed by atoms with E-state index >= 15 is 0 Å². The SMILES string of the molecule is COc1ccc2cc(C(=O)NC[C@H](c3cc4ccccc4o3)N(C)C)[nH]c2c1. The van der Waals surface area contributed by atoms with Gasteiger partial charge < -0.3 is 19.5 Å². The molecule has 0 saturated heterocycles. The number of amides is 1. The van der Waals surface area contributed by atoms with Crippen molar-refractivity contribution in [2.75, 3.05) is 27.7 Å². The van der Waals surface area contributed by atoms with Crippen molar-refractivity contribution in [3.63, 3.8) is 0 Å². The number of hydrogen-bond donors (Lipinski definition) is 2. The van der Waals surface area contributed by atoms with Crippen LogP contribution in [0.1, 0.15) is 22.3 Å². The highest BCUT2D eigenvalue weighted by molar-refractivity contribution is 5.98. The number of para-hydroxylation sites is 1. The van der Waals surface area contributed by atoms with E-state index in [2.05, 4.69) is 10.3 Å². The van der Waals surface area contributed by atoms with Crippen LogP contribution in [0.25, 0.3) is 21.9 Å². The van der Waals surface area contributed by atoms with Gasteiger partial charge in [0.1, 0.15) is 22.8 Å². The Morgan fingerprint density at radius 2 is 1.96 bits per heavy atom.